The van der Waals surface area contributed by atoms with Crippen LogP contribution in [0.2, 0.25) is 10.0 Å². The molecule has 0 aliphatic heterocycles. The summed E-state index contributed by atoms with van der Waals surface area (Å²) in [7, 11) is 0. The van der Waals surface area contributed by atoms with E-state index in [1.807, 2.05) is 0 Å². The fourth-order valence-corrected chi connectivity index (χ4v) is 3.06. The summed E-state index contributed by atoms with van der Waals surface area (Å²) in [5.74, 6) is -0.597. The first-order valence-electron chi connectivity index (χ1n) is 8.32. The van der Waals surface area contributed by atoms with Crippen LogP contribution in [-0.4, -0.2) is 30.5 Å². The summed E-state index contributed by atoms with van der Waals surface area (Å²) in [6.07, 6.45) is -3.19. The average molecular weight is 447 g/mol. The summed E-state index contributed by atoms with van der Waals surface area (Å²) in [6.45, 7) is 3.16. The molecule has 3 aromatic rings. The van der Waals surface area contributed by atoms with Crippen molar-refractivity contribution in [1.29, 1.82) is 0 Å². The lowest BCUT2D eigenvalue weighted by Crippen LogP contribution is -2.26. The predicted octanol–water partition coefficient (Wildman–Crippen LogP) is 4.36. The minimum absolute atomic E-state index is 0.00721. The lowest BCUT2D eigenvalue weighted by atomic mass is 10.2. The van der Waals surface area contributed by atoms with E-state index in [1.54, 1.807) is 18.2 Å². The number of nitrogens with one attached hydrogen (secondary N) is 1. The van der Waals surface area contributed by atoms with Gasteiger partial charge in [0.05, 0.1) is 6.54 Å². The van der Waals surface area contributed by atoms with E-state index in [2.05, 4.69) is 20.5 Å². The van der Waals surface area contributed by atoms with Crippen molar-refractivity contribution in [2.45, 2.75) is 32.6 Å². The molecule has 1 N–H and O–H groups in total. The summed E-state index contributed by atoms with van der Waals surface area (Å²) >= 11 is 12.0. The summed E-state index contributed by atoms with van der Waals surface area (Å²) < 4.78 is 40.9. The molecule has 0 fully saturated rings. The third kappa shape index (κ3) is 4.88. The van der Waals surface area contributed by atoms with Crippen molar-refractivity contribution in [3.8, 4) is 0 Å². The van der Waals surface area contributed by atoms with Gasteiger partial charge in [-0.3, -0.25) is 14.8 Å². The molecule has 7 nitrogen and oxygen atoms in total. The molecule has 1 unspecified atom stereocenters. The van der Waals surface area contributed by atoms with Crippen LogP contribution in [0.5, 0.6) is 0 Å². The average Bonchev–Trinajstić information content (AvgIpc) is 3.23. The highest BCUT2D eigenvalue weighted by atomic mass is 35.5. The molecule has 1 aromatic carbocycles. The quantitative estimate of drug-likeness (QED) is 0.631. The molecule has 0 saturated carbocycles. The maximum absolute atomic E-state index is 12.8. The van der Waals surface area contributed by atoms with E-state index in [0.29, 0.717) is 16.6 Å². The lowest BCUT2D eigenvalue weighted by Gasteiger charge is -2.13. The number of rotatable bonds is 5. The molecule has 0 aliphatic carbocycles. The Hall–Kier alpha value is -2.59. The van der Waals surface area contributed by atoms with Crippen LogP contribution in [0.1, 0.15) is 29.9 Å². The van der Waals surface area contributed by atoms with Crippen LogP contribution >= 0.6 is 23.2 Å². The maximum Gasteiger partial charge on any atom is 0.435 e. The molecule has 0 aliphatic rings. The Labute approximate surface area is 173 Å². The van der Waals surface area contributed by atoms with E-state index in [-0.39, 0.29) is 11.6 Å². The van der Waals surface area contributed by atoms with Gasteiger partial charge < -0.3 is 0 Å². The molecular formula is C17H15Cl2F3N6O. The number of anilines is 1. The standard InChI is InChI=1S/C17H15Cl2F3N6O/c1-9-5-14(17(20,21)22)25-28(9)10(2)15(29)24-16-23-8-27(26-16)7-11-3-4-12(18)6-13(11)19/h3-6,8,10H,7H2,1-2H3,(H,24,26,29). The van der Waals surface area contributed by atoms with Gasteiger partial charge in [-0.2, -0.15) is 18.3 Å². The monoisotopic (exact) mass is 446 g/mol. The second kappa shape index (κ2) is 8.03. The van der Waals surface area contributed by atoms with Crippen LogP contribution in [0.4, 0.5) is 19.1 Å². The Morgan fingerprint density at radius 2 is 1.97 bits per heavy atom. The van der Waals surface area contributed by atoms with Gasteiger partial charge >= 0.3 is 6.18 Å². The predicted molar refractivity (Wildman–Crippen MR) is 101 cm³/mol. The topological polar surface area (TPSA) is 77.6 Å². The van der Waals surface area contributed by atoms with Gasteiger partial charge in [0.25, 0.3) is 5.91 Å². The van der Waals surface area contributed by atoms with Gasteiger partial charge in [0.2, 0.25) is 5.95 Å². The SMILES string of the molecule is Cc1cc(C(F)(F)F)nn1C(C)C(=O)Nc1ncn(Cc2ccc(Cl)cc2Cl)n1. The second-order valence-electron chi connectivity index (χ2n) is 6.28. The van der Waals surface area contributed by atoms with Gasteiger partial charge in [-0.15, -0.1) is 5.10 Å². The van der Waals surface area contributed by atoms with Crippen molar-refractivity contribution in [3.05, 3.63) is 57.6 Å². The number of amides is 1. The molecular weight excluding hydrogens is 432 g/mol. The maximum atomic E-state index is 12.8. The van der Waals surface area contributed by atoms with Crippen LogP contribution in [-0.2, 0) is 17.5 Å². The van der Waals surface area contributed by atoms with E-state index in [1.165, 1.54) is 24.9 Å². The molecule has 1 atom stereocenters. The number of hydrogen-bond donors (Lipinski definition) is 1. The number of carbonyl (C=O) groups excluding carboxylic acids is 1. The molecule has 3 rings (SSSR count). The highest BCUT2D eigenvalue weighted by Gasteiger charge is 2.35. The number of nitrogens with zero attached hydrogens (tertiary/aromatic N) is 5. The van der Waals surface area contributed by atoms with Crippen molar-refractivity contribution >= 4 is 35.1 Å². The van der Waals surface area contributed by atoms with Crippen LogP contribution < -0.4 is 5.32 Å². The van der Waals surface area contributed by atoms with E-state index >= 15 is 0 Å². The fraction of sp³-hybridized carbons (Fsp3) is 0.294. The first-order valence-corrected chi connectivity index (χ1v) is 9.08. The Kier molecular flexibility index (Phi) is 5.85. The van der Waals surface area contributed by atoms with Crippen LogP contribution in [0, 0.1) is 6.92 Å². The molecule has 0 saturated heterocycles. The van der Waals surface area contributed by atoms with E-state index in [9.17, 15) is 18.0 Å². The van der Waals surface area contributed by atoms with E-state index < -0.39 is 23.8 Å². The van der Waals surface area contributed by atoms with Crippen LogP contribution in [0.3, 0.4) is 0 Å². The largest absolute Gasteiger partial charge is 0.435 e. The number of alkyl halides is 3. The number of benzene rings is 1. The molecule has 0 radical (unpaired) electrons. The number of halogens is 5. The molecule has 12 heteroatoms. The molecule has 2 heterocycles. The molecule has 1 amide bonds. The van der Waals surface area contributed by atoms with Gasteiger partial charge in [-0.1, -0.05) is 29.3 Å². The first-order chi connectivity index (χ1) is 13.5. The number of carbonyl (C=O) groups is 1. The Morgan fingerprint density at radius 3 is 2.59 bits per heavy atom. The number of aromatic nitrogens is 5. The van der Waals surface area contributed by atoms with Gasteiger partial charge in [0, 0.05) is 15.7 Å². The molecule has 0 bridgehead atoms. The highest BCUT2D eigenvalue weighted by molar-refractivity contribution is 6.35. The second-order valence-corrected chi connectivity index (χ2v) is 7.12. The first kappa shape index (κ1) is 21.1. The molecule has 29 heavy (non-hydrogen) atoms. The highest BCUT2D eigenvalue weighted by Crippen LogP contribution is 2.29. The Bertz CT molecular complexity index is 1050. The van der Waals surface area contributed by atoms with Gasteiger partial charge in [0.1, 0.15) is 12.4 Å². The zero-order chi connectivity index (χ0) is 21.3. The van der Waals surface area contributed by atoms with Gasteiger partial charge in [-0.25, -0.2) is 9.67 Å². The van der Waals surface area contributed by atoms with Crippen molar-refractivity contribution in [2.24, 2.45) is 0 Å². The van der Waals surface area contributed by atoms with Gasteiger partial charge in [-0.05, 0) is 37.6 Å². The molecule has 0 spiro atoms. The van der Waals surface area contributed by atoms with Crippen molar-refractivity contribution < 1.29 is 18.0 Å². The van der Waals surface area contributed by atoms with Crippen molar-refractivity contribution in [3.63, 3.8) is 0 Å². The summed E-state index contributed by atoms with van der Waals surface area (Å²) in [4.78, 5) is 16.4. The van der Waals surface area contributed by atoms with Crippen LogP contribution in [0.15, 0.2) is 30.6 Å². The van der Waals surface area contributed by atoms with Crippen molar-refractivity contribution in [2.75, 3.05) is 5.32 Å². The van der Waals surface area contributed by atoms with Crippen LogP contribution in [0.25, 0.3) is 0 Å². The lowest BCUT2D eigenvalue weighted by molar-refractivity contribution is -0.141. The normalized spacial score (nSPS) is 12.8. The summed E-state index contributed by atoms with van der Waals surface area (Å²) in [6, 6.07) is 4.91. The Balaban J connectivity index is 1.69. The fourth-order valence-electron chi connectivity index (χ4n) is 2.60. The minimum Gasteiger partial charge on any atom is -0.291 e. The summed E-state index contributed by atoms with van der Waals surface area (Å²) in [5, 5.41) is 11.0. The third-order valence-electron chi connectivity index (χ3n) is 4.08. The Morgan fingerprint density at radius 1 is 1.24 bits per heavy atom. The van der Waals surface area contributed by atoms with E-state index in [0.717, 1.165) is 16.3 Å². The minimum atomic E-state index is -4.59. The van der Waals surface area contributed by atoms with Crippen molar-refractivity contribution in [1.82, 2.24) is 24.5 Å². The zero-order valence-corrected chi connectivity index (χ0v) is 16.7. The molecule has 154 valence electrons. The number of hydrogen-bond acceptors (Lipinski definition) is 4. The smallest absolute Gasteiger partial charge is 0.291 e. The molecule has 2 aromatic heterocycles. The third-order valence-corrected chi connectivity index (χ3v) is 4.67. The van der Waals surface area contributed by atoms with E-state index in [4.69, 9.17) is 23.2 Å². The van der Waals surface area contributed by atoms with Gasteiger partial charge in [0.15, 0.2) is 5.69 Å². The number of aryl methyl sites for hydroxylation is 1. The summed E-state index contributed by atoms with van der Waals surface area (Å²) in [5.41, 5.74) is -0.105. The zero-order valence-electron chi connectivity index (χ0n) is 15.2.